The molecule has 7 nitrogen and oxygen atoms in total. The molecule has 0 radical (unpaired) electrons. The van der Waals surface area contributed by atoms with E-state index in [0.29, 0.717) is 13.1 Å². The van der Waals surface area contributed by atoms with Crippen LogP contribution < -0.4 is 5.32 Å². The van der Waals surface area contributed by atoms with Gasteiger partial charge in [-0.3, -0.25) is 24.5 Å². The summed E-state index contributed by atoms with van der Waals surface area (Å²) in [7, 11) is 1.73. The lowest BCUT2D eigenvalue weighted by Crippen LogP contribution is -2.56. The number of nitrogens with zero attached hydrogens (tertiary/aromatic N) is 4. The maximum atomic E-state index is 12.7. The lowest BCUT2D eigenvalue weighted by molar-refractivity contribution is -0.138. The Labute approximate surface area is 165 Å². The molecule has 3 rings (SSSR count). The lowest BCUT2D eigenvalue weighted by atomic mass is 10.1. The smallest absolute Gasteiger partial charge is 0.237 e. The first-order valence-corrected chi connectivity index (χ1v) is 9.68. The van der Waals surface area contributed by atoms with Crippen molar-refractivity contribution in [2.24, 2.45) is 0 Å². The lowest BCUT2D eigenvalue weighted by Gasteiger charge is -2.35. The standard InChI is InChI=1S/C21H27N5O2/c1-25(16-18-15-22-9-10-23-18)20(27)14-19-21(28)24-11-13-26(19)12-5-8-17-6-3-2-4-7-17/h2-4,6-7,9-10,15,19H,5,8,11-14,16H2,1H3,(H,24,28). The Kier molecular flexibility index (Phi) is 7.08. The van der Waals surface area contributed by atoms with E-state index >= 15 is 0 Å². The molecule has 1 atom stereocenters. The fourth-order valence-corrected chi connectivity index (χ4v) is 3.45. The average Bonchev–Trinajstić information content (AvgIpc) is 2.72. The van der Waals surface area contributed by atoms with Crippen molar-refractivity contribution in [3.8, 4) is 0 Å². The van der Waals surface area contributed by atoms with Crippen LogP contribution in [0, 0.1) is 0 Å². The summed E-state index contributed by atoms with van der Waals surface area (Å²) in [6.45, 7) is 2.58. The molecule has 7 heteroatoms. The molecule has 1 unspecified atom stereocenters. The number of rotatable bonds is 8. The van der Waals surface area contributed by atoms with Gasteiger partial charge in [0, 0.05) is 32.5 Å². The largest absolute Gasteiger partial charge is 0.353 e. The van der Waals surface area contributed by atoms with Gasteiger partial charge in [0.05, 0.1) is 30.9 Å². The summed E-state index contributed by atoms with van der Waals surface area (Å²) >= 11 is 0. The number of piperazine rings is 1. The summed E-state index contributed by atoms with van der Waals surface area (Å²) in [6, 6.07) is 9.91. The Morgan fingerprint density at radius 2 is 2.11 bits per heavy atom. The number of nitrogens with one attached hydrogen (secondary N) is 1. The highest BCUT2D eigenvalue weighted by Crippen LogP contribution is 2.13. The molecule has 1 N–H and O–H groups in total. The number of amides is 2. The molecular formula is C21H27N5O2. The first-order valence-electron chi connectivity index (χ1n) is 9.68. The number of carbonyl (C=O) groups is 2. The minimum Gasteiger partial charge on any atom is -0.353 e. The molecule has 148 valence electrons. The predicted octanol–water partition coefficient (Wildman–Crippen LogP) is 1.26. The van der Waals surface area contributed by atoms with E-state index in [-0.39, 0.29) is 18.2 Å². The minimum atomic E-state index is -0.415. The van der Waals surface area contributed by atoms with Crippen LogP contribution in [0.5, 0.6) is 0 Å². The second-order valence-electron chi connectivity index (χ2n) is 7.08. The van der Waals surface area contributed by atoms with Gasteiger partial charge in [-0.25, -0.2) is 0 Å². The third kappa shape index (κ3) is 5.60. The summed E-state index contributed by atoms with van der Waals surface area (Å²) in [5.74, 6) is -0.132. The molecule has 1 saturated heterocycles. The number of hydrogen-bond donors (Lipinski definition) is 1. The Hall–Kier alpha value is -2.80. The molecule has 1 aromatic carbocycles. The van der Waals surface area contributed by atoms with Crippen LogP contribution >= 0.6 is 0 Å². The minimum absolute atomic E-state index is 0.0628. The summed E-state index contributed by atoms with van der Waals surface area (Å²) < 4.78 is 0. The first-order chi connectivity index (χ1) is 13.6. The van der Waals surface area contributed by atoms with Gasteiger partial charge in [-0.1, -0.05) is 30.3 Å². The molecular weight excluding hydrogens is 354 g/mol. The molecule has 2 amide bonds. The molecule has 0 aliphatic carbocycles. The van der Waals surface area contributed by atoms with Crippen LogP contribution in [0.25, 0.3) is 0 Å². The zero-order valence-electron chi connectivity index (χ0n) is 16.3. The van der Waals surface area contributed by atoms with E-state index in [1.54, 1.807) is 30.5 Å². The van der Waals surface area contributed by atoms with Crippen molar-refractivity contribution in [1.82, 2.24) is 25.1 Å². The monoisotopic (exact) mass is 381 g/mol. The van der Waals surface area contributed by atoms with Gasteiger partial charge >= 0.3 is 0 Å². The van der Waals surface area contributed by atoms with Crippen molar-refractivity contribution >= 4 is 11.8 Å². The van der Waals surface area contributed by atoms with Crippen LogP contribution in [0.3, 0.4) is 0 Å². The van der Waals surface area contributed by atoms with Gasteiger partial charge in [0.25, 0.3) is 0 Å². The van der Waals surface area contributed by atoms with Crippen molar-refractivity contribution in [3.05, 3.63) is 60.2 Å². The molecule has 1 aromatic heterocycles. The molecule has 0 saturated carbocycles. The Bertz CT molecular complexity index is 769. The van der Waals surface area contributed by atoms with E-state index in [1.807, 2.05) is 18.2 Å². The normalized spacial score (nSPS) is 17.2. The zero-order valence-corrected chi connectivity index (χ0v) is 16.3. The van der Waals surface area contributed by atoms with Crippen molar-refractivity contribution in [3.63, 3.8) is 0 Å². The summed E-state index contributed by atoms with van der Waals surface area (Å²) in [5.41, 5.74) is 2.02. The van der Waals surface area contributed by atoms with E-state index in [1.165, 1.54) is 5.56 Å². The highest BCUT2D eigenvalue weighted by Gasteiger charge is 2.32. The first kappa shape index (κ1) is 19.9. The van der Waals surface area contributed by atoms with E-state index < -0.39 is 6.04 Å². The Morgan fingerprint density at radius 1 is 1.29 bits per heavy atom. The van der Waals surface area contributed by atoms with Crippen LogP contribution in [0.2, 0.25) is 0 Å². The molecule has 28 heavy (non-hydrogen) atoms. The molecule has 0 spiro atoms. The van der Waals surface area contributed by atoms with Crippen LogP contribution in [0.1, 0.15) is 24.1 Å². The second kappa shape index (κ2) is 9.94. The van der Waals surface area contributed by atoms with Gasteiger partial charge in [-0.15, -0.1) is 0 Å². The summed E-state index contributed by atoms with van der Waals surface area (Å²) in [5, 5.41) is 2.89. The SMILES string of the molecule is CN(Cc1cnccn1)C(=O)CC1C(=O)NCCN1CCCc1ccccc1. The highest BCUT2D eigenvalue weighted by atomic mass is 16.2. The summed E-state index contributed by atoms with van der Waals surface area (Å²) in [6.07, 6.45) is 6.95. The average molecular weight is 381 g/mol. The highest BCUT2D eigenvalue weighted by molar-refractivity contribution is 5.88. The van der Waals surface area contributed by atoms with Crippen LogP contribution in [-0.2, 0) is 22.6 Å². The van der Waals surface area contributed by atoms with Crippen LogP contribution in [-0.4, -0.2) is 64.3 Å². The molecule has 2 aromatic rings. The van der Waals surface area contributed by atoms with Gasteiger partial charge in [0.1, 0.15) is 0 Å². The van der Waals surface area contributed by atoms with Crippen molar-refractivity contribution in [1.29, 1.82) is 0 Å². The quantitative estimate of drug-likeness (QED) is 0.745. The fourth-order valence-electron chi connectivity index (χ4n) is 3.45. The molecule has 1 aliphatic rings. The van der Waals surface area contributed by atoms with Gasteiger partial charge in [0.2, 0.25) is 11.8 Å². The van der Waals surface area contributed by atoms with Crippen molar-refractivity contribution < 1.29 is 9.59 Å². The van der Waals surface area contributed by atoms with Gasteiger partial charge in [0.15, 0.2) is 0 Å². The molecule has 1 aliphatic heterocycles. The van der Waals surface area contributed by atoms with Crippen LogP contribution in [0.15, 0.2) is 48.9 Å². The second-order valence-corrected chi connectivity index (χ2v) is 7.08. The Balaban J connectivity index is 1.54. The number of benzene rings is 1. The van der Waals surface area contributed by atoms with E-state index in [2.05, 4.69) is 32.3 Å². The topological polar surface area (TPSA) is 78.4 Å². The maximum Gasteiger partial charge on any atom is 0.237 e. The molecule has 2 heterocycles. The molecule has 0 bridgehead atoms. The number of aryl methyl sites for hydroxylation is 1. The summed E-state index contributed by atoms with van der Waals surface area (Å²) in [4.78, 5) is 37.0. The van der Waals surface area contributed by atoms with E-state index in [0.717, 1.165) is 31.6 Å². The number of aromatic nitrogens is 2. The van der Waals surface area contributed by atoms with Gasteiger partial charge in [-0.05, 0) is 24.9 Å². The predicted molar refractivity (Wildman–Crippen MR) is 106 cm³/mol. The van der Waals surface area contributed by atoms with Gasteiger partial charge in [-0.2, -0.15) is 0 Å². The maximum absolute atomic E-state index is 12.7. The third-order valence-electron chi connectivity index (χ3n) is 5.00. The van der Waals surface area contributed by atoms with Crippen LogP contribution in [0.4, 0.5) is 0 Å². The number of hydrogen-bond acceptors (Lipinski definition) is 5. The van der Waals surface area contributed by atoms with Gasteiger partial charge < -0.3 is 10.2 Å². The fraction of sp³-hybridized carbons (Fsp3) is 0.429. The molecule has 1 fully saturated rings. The Morgan fingerprint density at radius 3 is 2.86 bits per heavy atom. The zero-order chi connectivity index (χ0) is 19.8. The third-order valence-corrected chi connectivity index (χ3v) is 5.00. The van der Waals surface area contributed by atoms with Crippen molar-refractivity contribution in [2.75, 3.05) is 26.7 Å². The number of carbonyl (C=O) groups excluding carboxylic acids is 2. The van der Waals surface area contributed by atoms with E-state index in [9.17, 15) is 9.59 Å². The van der Waals surface area contributed by atoms with E-state index in [4.69, 9.17) is 0 Å². The van der Waals surface area contributed by atoms with Crippen molar-refractivity contribution in [2.45, 2.75) is 31.8 Å².